The first-order valence-electron chi connectivity index (χ1n) is 11.4. The second-order valence-corrected chi connectivity index (χ2v) is 8.34. The van der Waals surface area contributed by atoms with Gasteiger partial charge in [-0.25, -0.2) is 0 Å². The zero-order chi connectivity index (χ0) is 19.9. The molecule has 1 aromatic carbocycles. The minimum Gasteiger partial charge on any atom is -0.336 e. The van der Waals surface area contributed by atoms with Gasteiger partial charge in [0.2, 0.25) is 0 Å². The van der Waals surface area contributed by atoms with E-state index in [-0.39, 0.29) is 11.8 Å². The second kappa shape index (κ2) is 10.1. The maximum absolute atomic E-state index is 13.0. The van der Waals surface area contributed by atoms with Gasteiger partial charge >= 0.3 is 0 Å². The molecule has 0 spiro atoms. The molecule has 3 rings (SSSR count). The van der Waals surface area contributed by atoms with Gasteiger partial charge in [0.05, 0.1) is 0 Å². The topological polar surface area (TPSA) is 40.6 Å². The first-order chi connectivity index (χ1) is 13.7. The lowest BCUT2D eigenvalue weighted by molar-refractivity contribution is 0.0635. The van der Waals surface area contributed by atoms with Crippen LogP contribution in [-0.2, 0) is 0 Å². The predicted octanol–water partition coefficient (Wildman–Crippen LogP) is 5.28. The fourth-order valence-electron chi connectivity index (χ4n) is 5.01. The Labute approximate surface area is 170 Å². The van der Waals surface area contributed by atoms with E-state index in [4.69, 9.17) is 0 Å². The first-order valence-corrected chi connectivity index (χ1v) is 11.4. The summed E-state index contributed by atoms with van der Waals surface area (Å²) in [5.41, 5.74) is 1.40. The van der Waals surface area contributed by atoms with Gasteiger partial charge in [-0.15, -0.1) is 0 Å². The summed E-state index contributed by atoms with van der Waals surface area (Å²) in [6, 6.07) is 8.11. The number of amides is 2. The lowest BCUT2D eigenvalue weighted by Gasteiger charge is -2.34. The Morgan fingerprint density at radius 1 is 0.679 bits per heavy atom. The lowest BCUT2D eigenvalue weighted by Crippen LogP contribution is -2.42. The number of rotatable bonds is 6. The molecule has 0 aromatic heterocycles. The van der Waals surface area contributed by atoms with Crippen LogP contribution in [0.3, 0.4) is 0 Å². The molecule has 1 aromatic rings. The van der Waals surface area contributed by atoms with Crippen LogP contribution in [0.4, 0.5) is 0 Å². The van der Waals surface area contributed by atoms with E-state index in [2.05, 4.69) is 13.8 Å². The molecule has 154 valence electrons. The number of nitrogens with zero attached hydrogens (tertiary/aromatic N) is 2. The summed E-state index contributed by atoms with van der Waals surface area (Å²) in [4.78, 5) is 30.1. The third-order valence-corrected chi connectivity index (χ3v) is 6.61. The van der Waals surface area contributed by atoms with Crippen molar-refractivity contribution in [3.63, 3.8) is 0 Å². The molecule has 0 radical (unpaired) electrons. The van der Waals surface area contributed by atoms with Gasteiger partial charge in [0.15, 0.2) is 0 Å². The van der Waals surface area contributed by atoms with Crippen molar-refractivity contribution in [2.75, 3.05) is 13.1 Å². The molecule has 2 aliphatic carbocycles. The van der Waals surface area contributed by atoms with Crippen LogP contribution >= 0.6 is 0 Å². The molecule has 0 unspecified atom stereocenters. The van der Waals surface area contributed by atoms with Crippen molar-refractivity contribution in [2.24, 2.45) is 0 Å². The number of benzene rings is 1. The molecule has 4 nitrogen and oxygen atoms in total. The Hall–Kier alpha value is -1.84. The van der Waals surface area contributed by atoms with Crippen LogP contribution in [0.25, 0.3) is 0 Å². The third-order valence-electron chi connectivity index (χ3n) is 6.61. The van der Waals surface area contributed by atoms with Crippen LogP contribution in [0.2, 0.25) is 0 Å². The second-order valence-electron chi connectivity index (χ2n) is 8.34. The van der Waals surface area contributed by atoms with Crippen molar-refractivity contribution in [1.82, 2.24) is 9.80 Å². The average molecular weight is 385 g/mol. The summed E-state index contributed by atoms with van der Waals surface area (Å²) in [5, 5.41) is 0. The van der Waals surface area contributed by atoms with E-state index in [0.29, 0.717) is 23.2 Å². The van der Waals surface area contributed by atoms with Crippen molar-refractivity contribution in [3.8, 4) is 0 Å². The predicted molar refractivity (Wildman–Crippen MR) is 114 cm³/mol. The molecule has 2 aliphatic rings. The van der Waals surface area contributed by atoms with E-state index in [1.807, 2.05) is 34.1 Å². The maximum Gasteiger partial charge on any atom is 0.254 e. The maximum atomic E-state index is 13.0. The largest absolute Gasteiger partial charge is 0.336 e. The molecular formula is C24H36N2O2. The SMILES string of the molecule is CCN(C(=O)c1ccc(C(=O)N(CC)C2CCCCC2)cc1)C1CCCCC1. The quantitative estimate of drug-likeness (QED) is 0.670. The molecule has 0 heterocycles. The molecular weight excluding hydrogens is 348 g/mol. The van der Waals surface area contributed by atoms with E-state index >= 15 is 0 Å². The smallest absolute Gasteiger partial charge is 0.254 e. The van der Waals surface area contributed by atoms with Gasteiger partial charge in [0.25, 0.3) is 11.8 Å². The summed E-state index contributed by atoms with van der Waals surface area (Å²) in [7, 11) is 0. The van der Waals surface area contributed by atoms with Crippen LogP contribution in [-0.4, -0.2) is 46.8 Å². The fraction of sp³-hybridized carbons (Fsp3) is 0.667. The van der Waals surface area contributed by atoms with Crippen LogP contribution in [0, 0.1) is 0 Å². The molecule has 28 heavy (non-hydrogen) atoms. The average Bonchev–Trinajstić information content (AvgIpc) is 2.76. The van der Waals surface area contributed by atoms with E-state index < -0.39 is 0 Å². The van der Waals surface area contributed by atoms with Gasteiger partial charge in [-0.1, -0.05) is 38.5 Å². The minimum atomic E-state index is 0.105. The van der Waals surface area contributed by atoms with E-state index in [0.717, 1.165) is 38.8 Å². The van der Waals surface area contributed by atoms with Crippen LogP contribution in [0.1, 0.15) is 98.8 Å². The van der Waals surface area contributed by atoms with Crippen molar-refractivity contribution in [1.29, 1.82) is 0 Å². The lowest BCUT2D eigenvalue weighted by atomic mass is 9.93. The Morgan fingerprint density at radius 2 is 1.00 bits per heavy atom. The van der Waals surface area contributed by atoms with Crippen molar-refractivity contribution >= 4 is 11.8 Å². The van der Waals surface area contributed by atoms with Crippen molar-refractivity contribution in [3.05, 3.63) is 35.4 Å². The molecule has 2 amide bonds. The highest BCUT2D eigenvalue weighted by Gasteiger charge is 2.27. The summed E-state index contributed by atoms with van der Waals surface area (Å²) in [5.74, 6) is 0.209. The van der Waals surface area contributed by atoms with Gasteiger partial charge in [-0.05, 0) is 63.8 Å². The summed E-state index contributed by atoms with van der Waals surface area (Å²) >= 11 is 0. The third kappa shape index (κ3) is 4.76. The Kier molecular flexibility index (Phi) is 7.52. The Morgan fingerprint density at radius 3 is 1.29 bits per heavy atom. The van der Waals surface area contributed by atoms with E-state index in [9.17, 15) is 9.59 Å². The van der Waals surface area contributed by atoms with Crippen molar-refractivity contribution < 1.29 is 9.59 Å². The van der Waals surface area contributed by atoms with Gasteiger partial charge in [0.1, 0.15) is 0 Å². The zero-order valence-corrected chi connectivity index (χ0v) is 17.7. The first kappa shape index (κ1) is 20.9. The highest BCUT2D eigenvalue weighted by molar-refractivity contribution is 5.98. The van der Waals surface area contributed by atoms with Crippen LogP contribution < -0.4 is 0 Å². The van der Waals surface area contributed by atoms with E-state index in [1.165, 1.54) is 38.5 Å². The van der Waals surface area contributed by atoms with Gasteiger partial charge in [0, 0.05) is 36.3 Å². The summed E-state index contributed by atoms with van der Waals surface area (Å²) < 4.78 is 0. The van der Waals surface area contributed by atoms with Gasteiger partial charge in [-0.3, -0.25) is 9.59 Å². The number of carbonyl (C=O) groups excluding carboxylic acids is 2. The monoisotopic (exact) mass is 384 g/mol. The number of hydrogen-bond acceptors (Lipinski definition) is 2. The number of carbonyl (C=O) groups is 2. The highest BCUT2D eigenvalue weighted by Crippen LogP contribution is 2.25. The molecule has 0 N–H and O–H groups in total. The molecule has 0 saturated heterocycles. The van der Waals surface area contributed by atoms with Crippen LogP contribution in [0.15, 0.2) is 24.3 Å². The zero-order valence-electron chi connectivity index (χ0n) is 17.7. The van der Waals surface area contributed by atoms with Gasteiger partial charge < -0.3 is 9.80 Å². The normalized spacial score (nSPS) is 18.6. The molecule has 0 aliphatic heterocycles. The molecule has 0 bridgehead atoms. The Bertz CT molecular complexity index is 586. The number of hydrogen-bond donors (Lipinski definition) is 0. The minimum absolute atomic E-state index is 0.105. The standard InChI is InChI=1S/C24H36N2O2/c1-3-25(21-11-7-5-8-12-21)23(27)19-15-17-20(18-16-19)24(28)26(4-2)22-13-9-6-10-14-22/h15-18,21-22H,3-14H2,1-2H3. The van der Waals surface area contributed by atoms with E-state index in [1.54, 1.807) is 0 Å². The fourth-order valence-corrected chi connectivity index (χ4v) is 5.01. The summed E-state index contributed by atoms with van der Waals surface area (Å²) in [6.45, 7) is 5.62. The summed E-state index contributed by atoms with van der Waals surface area (Å²) in [6.07, 6.45) is 11.9. The highest BCUT2D eigenvalue weighted by atomic mass is 16.2. The molecule has 0 atom stereocenters. The van der Waals surface area contributed by atoms with Crippen molar-refractivity contribution in [2.45, 2.75) is 90.1 Å². The Balaban J connectivity index is 1.69. The molecule has 2 fully saturated rings. The molecule has 2 saturated carbocycles. The molecule has 4 heteroatoms. The van der Waals surface area contributed by atoms with Gasteiger partial charge in [-0.2, -0.15) is 0 Å². The van der Waals surface area contributed by atoms with Crippen LogP contribution in [0.5, 0.6) is 0 Å².